The molecular formula is C14H11BrClN3O. The molecule has 2 heterocycles. The molecule has 0 amide bonds. The second kappa shape index (κ2) is 5.42. The van der Waals surface area contributed by atoms with Crippen molar-refractivity contribution in [3.63, 3.8) is 0 Å². The number of imidazole rings is 1. The molecule has 6 heteroatoms. The Morgan fingerprint density at radius 2 is 2.10 bits per heavy atom. The largest absolute Gasteiger partial charge is 0.478 e. The zero-order chi connectivity index (χ0) is 14.1. The lowest BCUT2D eigenvalue weighted by molar-refractivity contribution is 0.328. The second-order valence-electron chi connectivity index (χ2n) is 4.17. The summed E-state index contributed by atoms with van der Waals surface area (Å²) >= 11 is 9.48. The van der Waals surface area contributed by atoms with Gasteiger partial charge < -0.3 is 9.72 Å². The van der Waals surface area contributed by atoms with Crippen LogP contribution in [-0.2, 0) is 0 Å². The third-order valence-corrected chi connectivity index (χ3v) is 4.04. The van der Waals surface area contributed by atoms with Crippen LogP contribution >= 0.6 is 27.5 Å². The number of fused-ring (bicyclic) bond motifs is 1. The highest BCUT2D eigenvalue weighted by molar-refractivity contribution is 9.10. The molecule has 0 atom stereocenters. The number of pyridine rings is 1. The average molecular weight is 353 g/mol. The van der Waals surface area contributed by atoms with Crippen LogP contribution in [0.2, 0.25) is 5.02 Å². The molecule has 0 radical (unpaired) electrons. The third-order valence-electron chi connectivity index (χ3n) is 2.81. The van der Waals surface area contributed by atoms with E-state index in [2.05, 4.69) is 30.9 Å². The van der Waals surface area contributed by atoms with Crippen molar-refractivity contribution in [2.75, 3.05) is 6.61 Å². The number of nitrogens with one attached hydrogen (secondary N) is 1. The molecule has 3 aromatic rings. The molecule has 20 heavy (non-hydrogen) atoms. The van der Waals surface area contributed by atoms with E-state index in [0.29, 0.717) is 23.2 Å². The smallest absolute Gasteiger partial charge is 0.215 e. The van der Waals surface area contributed by atoms with E-state index in [-0.39, 0.29) is 0 Å². The molecular weight excluding hydrogens is 342 g/mol. The fraction of sp³-hybridized carbons (Fsp3) is 0.143. The minimum Gasteiger partial charge on any atom is -0.478 e. The summed E-state index contributed by atoms with van der Waals surface area (Å²) in [4.78, 5) is 12.0. The van der Waals surface area contributed by atoms with Crippen LogP contribution in [0.4, 0.5) is 0 Å². The summed E-state index contributed by atoms with van der Waals surface area (Å²) in [6.07, 6.45) is 0. The molecule has 3 rings (SSSR count). The maximum Gasteiger partial charge on any atom is 0.215 e. The lowest BCUT2D eigenvalue weighted by atomic mass is 10.2. The maximum absolute atomic E-state index is 6.10. The van der Waals surface area contributed by atoms with Crippen molar-refractivity contribution in [3.8, 4) is 17.3 Å². The van der Waals surface area contributed by atoms with Crippen LogP contribution in [0.25, 0.3) is 22.6 Å². The highest BCUT2D eigenvalue weighted by atomic mass is 79.9. The van der Waals surface area contributed by atoms with Gasteiger partial charge in [0.2, 0.25) is 5.88 Å². The minimum absolute atomic E-state index is 0.576. The Morgan fingerprint density at radius 3 is 2.85 bits per heavy atom. The van der Waals surface area contributed by atoms with E-state index in [1.165, 1.54) is 0 Å². The summed E-state index contributed by atoms with van der Waals surface area (Å²) in [5.41, 5.74) is 2.40. The monoisotopic (exact) mass is 351 g/mol. The number of ether oxygens (including phenoxy) is 1. The van der Waals surface area contributed by atoms with Crippen LogP contribution in [0.15, 0.2) is 34.8 Å². The fourth-order valence-electron chi connectivity index (χ4n) is 1.88. The van der Waals surface area contributed by atoms with E-state index in [4.69, 9.17) is 16.3 Å². The van der Waals surface area contributed by atoms with Crippen LogP contribution in [0.1, 0.15) is 6.92 Å². The zero-order valence-electron chi connectivity index (χ0n) is 10.7. The van der Waals surface area contributed by atoms with Crippen LogP contribution in [0.5, 0.6) is 5.88 Å². The van der Waals surface area contributed by atoms with E-state index in [0.717, 1.165) is 21.4 Å². The van der Waals surface area contributed by atoms with Gasteiger partial charge in [0.05, 0.1) is 17.1 Å². The molecule has 0 unspecified atom stereocenters. The SMILES string of the molecule is CCOc1ccc2[nH]c(-c3ccc(Br)c(Cl)c3)nc2n1. The number of aromatic nitrogens is 3. The van der Waals surface area contributed by atoms with Crippen molar-refractivity contribution in [1.82, 2.24) is 15.0 Å². The lowest BCUT2D eigenvalue weighted by Crippen LogP contribution is -1.93. The summed E-state index contributed by atoms with van der Waals surface area (Å²) in [6.45, 7) is 2.50. The summed E-state index contributed by atoms with van der Waals surface area (Å²) in [6, 6.07) is 9.42. The van der Waals surface area contributed by atoms with Crippen molar-refractivity contribution in [2.24, 2.45) is 0 Å². The summed E-state index contributed by atoms with van der Waals surface area (Å²) < 4.78 is 6.23. The molecule has 4 nitrogen and oxygen atoms in total. The Hall–Kier alpha value is -1.59. The Morgan fingerprint density at radius 1 is 1.25 bits per heavy atom. The molecule has 0 bridgehead atoms. The maximum atomic E-state index is 6.10. The van der Waals surface area contributed by atoms with Gasteiger partial charge in [0.15, 0.2) is 5.65 Å². The number of hydrogen-bond donors (Lipinski definition) is 1. The van der Waals surface area contributed by atoms with Gasteiger partial charge in [-0.3, -0.25) is 0 Å². The first kappa shape index (κ1) is 13.4. The minimum atomic E-state index is 0.576. The average Bonchev–Trinajstić information content (AvgIpc) is 2.85. The van der Waals surface area contributed by atoms with Gasteiger partial charge in [-0.05, 0) is 41.1 Å². The van der Waals surface area contributed by atoms with E-state index < -0.39 is 0 Å². The number of benzene rings is 1. The molecule has 0 saturated heterocycles. The molecule has 2 aromatic heterocycles. The summed E-state index contributed by atoms with van der Waals surface area (Å²) in [5, 5.41) is 0.644. The van der Waals surface area contributed by atoms with E-state index >= 15 is 0 Å². The van der Waals surface area contributed by atoms with Crippen molar-refractivity contribution in [3.05, 3.63) is 39.8 Å². The Kier molecular flexibility index (Phi) is 3.63. The molecule has 0 aliphatic rings. The Labute approximate surface area is 129 Å². The normalized spacial score (nSPS) is 10.9. The molecule has 0 saturated carbocycles. The number of rotatable bonds is 3. The topological polar surface area (TPSA) is 50.8 Å². The van der Waals surface area contributed by atoms with Crippen LogP contribution in [0, 0.1) is 0 Å². The molecule has 0 spiro atoms. The first-order valence-electron chi connectivity index (χ1n) is 6.12. The van der Waals surface area contributed by atoms with Crippen LogP contribution in [0.3, 0.4) is 0 Å². The van der Waals surface area contributed by atoms with Crippen molar-refractivity contribution < 1.29 is 4.74 Å². The number of H-pyrrole nitrogens is 1. The number of nitrogens with zero attached hydrogens (tertiary/aromatic N) is 2. The predicted octanol–water partition coefficient (Wildman–Crippen LogP) is 4.44. The predicted molar refractivity (Wildman–Crippen MR) is 83.2 cm³/mol. The van der Waals surface area contributed by atoms with Gasteiger partial charge in [-0.25, -0.2) is 4.98 Å². The van der Waals surface area contributed by atoms with Gasteiger partial charge in [0.25, 0.3) is 0 Å². The van der Waals surface area contributed by atoms with Gasteiger partial charge in [0, 0.05) is 16.1 Å². The number of halogens is 2. The van der Waals surface area contributed by atoms with Crippen LogP contribution < -0.4 is 4.74 Å². The van der Waals surface area contributed by atoms with Gasteiger partial charge in [-0.2, -0.15) is 4.98 Å². The van der Waals surface area contributed by atoms with Crippen molar-refractivity contribution >= 4 is 38.7 Å². The molecule has 1 aromatic carbocycles. The number of aromatic amines is 1. The quantitative estimate of drug-likeness (QED) is 0.758. The molecule has 0 aliphatic heterocycles. The van der Waals surface area contributed by atoms with Gasteiger partial charge in [-0.1, -0.05) is 17.7 Å². The lowest BCUT2D eigenvalue weighted by Gasteiger charge is -1.99. The third kappa shape index (κ3) is 2.51. The Balaban J connectivity index is 2.05. The van der Waals surface area contributed by atoms with E-state index in [1.54, 1.807) is 0 Å². The fourth-order valence-corrected chi connectivity index (χ4v) is 2.31. The standard InChI is InChI=1S/C14H11BrClN3O/c1-2-20-12-6-5-11-14(18-12)19-13(17-11)8-3-4-9(15)10(16)7-8/h3-7H,2H2,1H3,(H,17,18,19). The molecule has 102 valence electrons. The highest BCUT2D eigenvalue weighted by Gasteiger charge is 2.09. The molecule has 0 fully saturated rings. The first-order valence-corrected chi connectivity index (χ1v) is 7.29. The first-order chi connectivity index (χ1) is 9.67. The van der Waals surface area contributed by atoms with Crippen LogP contribution in [-0.4, -0.2) is 21.6 Å². The molecule has 1 N–H and O–H groups in total. The van der Waals surface area contributed by atoms with Crippen molar-refractivity contribution in [1.29, 1.82) is 0 Å². The van der Waals surface area contributed by atoms with Gasteiger partial charge in [0.1, 0.15) is 5.82 Å². The van der Waals surface area contributed by atoms with E-state index in [1.807, 2.05) is 37.3 Å². The van der Waals surface area contributed by atoms with Gasteiger partial charge in [-0.15, -0.1) is 0 Å². The van der Waals surface area contributed by atoms with Crippen molar-refractivity contribution in [2.45, 2.75) is 6.92 Å². The summed E-state index contributed by atoms with van der Waals surface area (Å²) in [5.74, 6) is 1.31. The summed E-state index contributed by atoms with van der Waals surface area (Å²) in [7, 11) is 0. The Bertz CT molecular complexity index is 772. The number of hydrogen-bond acceptors (Lipinski definition) is 3. The zero-order valence-corrected chi connectivity index (χ0v) is 13.0. The van der Waals surface area contributed by atoms with Gasteiger partial charge >= 0.3 is 0 Å². The molecule has 0 aliphatic carbocycles. The second-order valence-corrected chi connectivity index (χ2v) is 5.43. The highest BCUT2D eigenvalue weighted by Crippen LogP contribution is 2.28. The van der Waals surface area contributed by atoms with E-state index in [9.17, 15) is 0 Å².